The summed E-state index contributed by atoms with van der Waals surface area (Å²) in [5, 5.41) is 8.80. The Kier molecular flexibility index (Phi) is 4.72. The summed E-state index contributed by atoms with van der Waals surface area (Å²) in [5.74, 6) is -1.56. The van der Waals surface area contributed by atoms with Gasteiger partial charge < -0.3 is 15.8 Å². The van der Waals surface area contributed by atoms with Crippen molar-refractivity contribution in [1.29, 1.82) is 0 Å². The van der Waals surface area contributed by atoms with Gasteiger partial charge in [-0.3, -0.25) is 14.7 Å². The Labute approximate surface area is 125 Å². The second-order valence-corrected chi connectivity index (χ2v) is 4.60. The van der Waals surface area contributed by atoms with Gasteiger partial charge in [-0.1, -0.05) is 12.1 Å². The molecule has 0 bridgehead atoms. The SMILES string of the molecule is CC(NC(=O)c1cc(COc2ccccc2F)[nH]n1)C(N)=O. The van der Waals surface area contributed by atoms with Crippen LogP contribution < -0.4 is 15.8 Å². The second kappa shape index (κ2) is 6.70. The van der Waals surface area contributed by atoms with Gasteiger partial charge in [0.25, 0.3) is 5.91 Å². The number of amides is 2. The smallest absolute Gasteiger partial charge is 0.272 e. The Morgan fingerprint density at radius 3 is 2.86 bits per heavy atom. The van der Waals surface area contributed by atoms with Crippen molar-refractivity contribution in [3.05, 3.63) is 47.5 Å². The lowest BCUT2D eigenvalue weighted by molar-refractivity contribution is -0.119. The fourth-order valence-electron chi connectivity index (χ4n) is 1.61. The van der Waals surface area contributed by atoms with Crippen molar-refractivity contribution in [3.63, 3.8) is 0 Å². The molecule has 0 saturated heterocycles. The summed E-state index contributed by atoms with van der Waals surface area (Å²) in [4.78, 5) is 22.7. The zero-order chi connectivity index (χ0) is 16.1. The van der Waals surface area contributed by atoms with Gasteiger partial charge in [0.05, 0.1) is 5.69 Å². The molecule has 8 heteroatoms. The van der Waals surface area contributed by atoms with Gasteiger partial charge in [-0.25, -0.2) is 4.39 Å². The number of halogens is 1. The molecule has 1 aromatic heterocycles. The topological polar surface area (TPSA) is 110 Å². The molecule has 2 amide bonds. The molecule has 2 aromatic rings. The molecule has 1 unspecified atom stereocenters. The van der Waals surface area contributed by atoms with Gasteiger partial charge in [0.2, 0.25) is 5.91 Å². The maximum Gasteiger partial charge on any atom is 0.272 e. The highest BCUT2D eigenvalue weighted by atomic mass is 19.1. The predicted octanol–water partition coefficient (Wildman–Crippen LogP) is 0.731. The fourth-order valence-corrected chi connectivity index (χ4v) is 1.61. The minimum atomic E-state index is -0.803. The van der Waals surface area contributed by atoms with Crippen LogP contribution in [0.3, 0.4) is 0 Å². The summed E-state index contributed by atoms with van der Waals surface area (Å²) in [7, 11) is 0. The van der Waals surface area contributed by atoms with Crippen molar-refractivity contribution < 1.29 is 18.7 Å². The zero-order valence-electron chi connectivity index (χ0n) is 11.8. The number of hydrogen-bond donors (Lipinski definition) is 3. The number of benzene rings is 1. The lowest BCUT2D eigenvalue weighted by atomic mass is 10.3. The molecule has 4 N–H and O–H groups in total. The van der Waals surface area contributed by atoms with Crippen LogP contribution in [-0.2, 0) is 11.4 Å². The first-order chi connectivity index (χ1) is 10.5. The van der Waals surface area contributed by atoms with Crippen LogP contribution in [0.1, 0.15) is 23.1 Å². The summed E-state index contributed by atoms with van der Waals surface area (Å²) in [6.45, 7) is 1.49. The summed E-state index contributed by atoms with van der Waals surface area (Å²) >= 11 is 0. The molecule has 7 nitrogen and oxygen atoms in total. The number of rotatable bonds is 6. The lowest BCUT2D eigenvalue weighted by Crippen LogP contribution is -2.42. The quantitative estimate of drug-likeness (QED) is 0.730. The molecule has 2 rings (SSSR count). The van der Waals surface area contributed by atoms with E-state index in [1.165, 1.54) is 25.1 Å². The molecule has 1 heterocycles. The third-order valence-electron chi connectivity index (χ3n) is 2.86. The van der Waals surface area contributed by atoms with E-state index in [0.29, 0.717) is 5.69 Å². The lowest BCUT2D eigenvalue weighted by Gasteiger charge is -2.07. The van der Waals surface area contributed by atoms with E-state index in [0.717, 1.165) is 0 Å². The van der Waals surface area contributed by atoms with E-state index in [4.69, 9.17) is 10.5 Å². The van der Waals surface area contributed by atoms with Gasteiger partial charge in [0, 0.05) is 0 Å². The van der Waals surface area contributed by atoms with Crippen LogP contribution in [0.25, 0.3) is 0 Å². The highest BCUT2D eigenvalue weighted by molar-refractivity contribution is 5.95. The Morgan fingerprint density at radius 2 is 2.18 bits per heavy atom. The summed E-state index contributed by atoms with van der Waals surface area (Å²) in [6.07, 6.45) is 0. The first-order valence-corrected chi connectivity index (χ1v) is 6.49. The fraction of sp³-hybridized carbons (Fsp3) is 0.214. The van der Waals surface area contributed by atoms with Crippen LogP contribution in [0.15, 0.2) is 30.3 Å². The number of ether oxygens (including phenoxy) is 1. The molecule has 0 aliphatic carbocycles. The van der Waals surface area contributed by atoms with E-state index in [9.17, 15) is 14.0 Å². The molecule has 0 radical (unpaired) electrons. The van der Waals surface area contributed by atoms with Crippen LogP contribution in [0.5, 0.6) is 5.75 Å². The van der Waals surface area contributed by atoms with Crippen LogP contribution in [0, 0.1) is 5.82 Å². The Balaban J connectivity index is 1.95. The molecular weight excluding hydrogens is 291 g/mol. The number of aromatic amines is 1. The maximum atomic E-state index is 13.4. The number of primary amides is 1. The summed E-state index contributed by atoms with van der Waals surface area (Å²) in [5.41, 5.74) is 5.63. The van der Waals surface area contributed by atoms with E-state index >= 15 is 0 Å². The Bertz CT molecular complexity index is 686. The van der Waals surface area contributed by atoms with Crippen molar-refractivity contribution in [2.45, 2.75) is 19.6 Å². The summed E-state index contributed by atoms with van der Waals surface area (Å²) in [6, 6.07) is 6.63. The van der Waals surface area contributed by atoms with Crippen molar-refractivity contribution in [1.82, 2.24) is 15.5 Å². The number of H-pyrrole nitrogens is 1. The van der Waals surface area contributed by atoms with Gasteiger partial charge in [-0.05, 0) is 25.1 Å². The van der Waals surface area contributed by atoms with Crippen LogP contribution in [0.2, 0.25) is 0 Å². The minimum absolute atomic E-state index is 0.0204. The van der Waals surface area contributed by atoms with Crippen molar-refractivity contribution in [3.8, 4) is 5.75 Å². The minimum Gasteiger partial charge on any atom is -0.484 e. The molecule has 0 aliphatic rings. The van der Waals surface area contributed by atoms with Gasteiger partial charge in [0.15, 0.2) is 11.6 Å². The number of carbonyl (C=O) groups excluding carboxylic acids is 2. The molecule has 1 aromatic carbocycles. The number of carbonyl (C=O) groups is 2. The monoisotopic (exact) mass is 306 g/mol. The normalized spacial score (nSPS) is 11.7. The molecular formula is C14H15FN4O3. The van der Waals surface area contributed by atoms with Crippen molar-refractivity contribution in [2.24, 2.45) is 5.73 Å². The van der Waals surface area contributed by atoms with Gasteiger partial charge in [0.1, 0.15) is 18.3 Å². The van der Waals surface area contributed by atoms with Crippen LogP contribution in [0.4, 0.5) is 4.39 Å². The maximum absolute atomic E-state index is 13.4. The highest BCUT2D eigenvalue weighted by Crippen LogP contribution is 2.16. The number of hydrogen-bond acceptors (Lipinski definition) is 4. The predicted molar refractivity (Wildman–Crippen MR) is 75.4 cm³/mol. The second-order valence-electron chi connectivity index (χ2n) is 4.60. The first-order valence-electron chi connectivity index (χ1n) is 6.49. The highest BCUT2D eigenvalue weighted by Gasteiger charge is 2.16. The third-order valence-corrected chi connectivity index (χ3v) is 2.86. The number of para-hydroxylation sites is 1. The number of nitrogens with one attached hydrogen (secondary N) is 2. The number of aromatic nitrogens is 2. The molecule has 22 heavy (non-hydrogen) atoms. The molecule has 0 fully saturated rings. The molecule has 1 atom stereocenters. The van der Waals surface area contributed by atoms with Crippen molar-refractivity contribution >= 4 is 11.8 Å². The summed E-state index contributed by atoms with van der Waals surface area (Å²) < 4.78 is 18.7. The zero-order valence-corrected chi connectivity index (χ0v) is 11.8. The molecule has 0 saturated carbocycles. The van der Waals surface area contributed by atoms with E-state index in [1.54, 1.807) is 12.1 Å². The Hall–Kier alpha value is -2.90. The first kappa shape index (κ1) is 15.5. The van der Waals surface area contributed by atoms with Gasteiger partial charge >= 0.3 is 0 Å². The van der Waals surface area contributed by atoms with Crippen molar-refractivity contribution in [2.75, 3.05) is 0 Å². The van der Waals surface area contributed by atoms with E-state index in [1.807, 2.05) is 0 Å². The standard InChI is InChI=1S/C14H15FN4O3/c1-8(13(16)20)17-14(21)11-6-9(18-19-11)7-22-12-5-3-2-4-10(12)15/h2-6,8H,7H2,1H3,(H2,16,20)(H,17,21)(H,18,19). The van der Waals surface area contributed by atoms with E-state index < -0.39 is 23.7 Å². The average Bonchev–Trinajstić information content (AvgIpc) is 2.95. The molecule has 0 spiro atoms. The van der Waals surface area contributed by atoms with Crippen LogP contribution >= 0.6 is 0 Å². The number of nitrogens with zero attached hydrogens (tertiary/aromatic N) is 1. The van der Waals surface area contributed by atoms with Gasteiger partial charge in [-0.2, -0.15) is 5.10 Å². The average molecular weight is 306 g/mol. The van der Waals surface area contributed by atoms with E-state index in [2.05, 4.69) is 15.5 Å². The number of nitrogens with two attached hydrogens (primary N) is 1. The molecule has 116 valence electrons. The largest absolute Gasteiger partial charge is 0.484 e. The Morgan fingerprint density at radius 1 is 1.45 bits per heavy atom. The third kappa shape index (κ3) is 3.81. The van der Waals surface area contributed by atoms with E-state index in [-0.39, 0.29) is 18.1 Å². The molecule has 0 aliphatic heterocycles. The van der Waals surface area contributed by atoms with Gasteiger partial charge in [-0.15, -0.1) is 0 Å². The van der Waals surface area contributed by atoms with Crippen LogP contribution in [-0.4, -0.2) is 28.1 Å².